The highest BCUT2D eigenvalue weighted by Gasteiger charge is 2.32. The zero-order chi connectivity index (χ0) is 22.8. The third-order valence-electron chi connectivity index (χ3n) is 4.41. The number of halogens is 3. The van der Waals surface area contributed by atoms with Gasteiger partial charge in [-0.1, -0.05) is 36.4 Å². The lowest BCUT2D eigenvalue weighted by Gasteiger charge is -2.16. The van der Waals surface area contributed by atoms with Crippen molar-refractivity contribution < 1.29 is 27.8 Å². The van der Waals surface area contributed by atoms with E-state index >= 15 is 0 Å². The average Bonchev–Trinajstić information content (AvgIpc) is 2.72. The van der Waals surface area contributed by atoms with Crippen LogP contribution in [0.25, 0.3) is 5.69 Å². The fourth-order valence-corrected chi connectivity index (χ4v) is 2.98. The normalized spacial score (nSPS) is 11.4. The maximum atomic E-state index is 13.1. The van der Waals surface area contributed by atoms with Gasteiger partial charge < -0.3 is 9.84 Å². The monoisotopic (exact) mass is 434 g/mol. The molecule has 0 spiro atoms. The second kappa shape index (κ2) is 8.50. The highest BCUT2D eigenvalue weighted by atomic mass is 19.4. The van der Waals surface area contributed by atoms with Crippen LogP contribution < -0.4 is 11.2 Å². The van der Waals surface area contributed by atoms with E-state index in [-0.39, 0.29) is 18.8 Å². The second-order valence-electron chi connectivity index (χ2n) is 6.46. The van der Waals surface area contributed by atoms with E-state index in [1.807, 2.05) is 0 Å². The summed E-state index contributed by atoms with van der Waals surface area (Å²) in [6.45, 7) is 1.07. The molecule has 0 fully saturated rings. The van der Waals surface area contributed by atoms with E-state index in [1.54, 1.807) is 30.3 Å². The number of benzene rings is 2. The van der Waals surface area contributed by atoms with Gasteiger partial charge in [-0.3, -0.25) is 9.36 Å². The zero-order valence-corrected chi connectivity index (χ0v) is 16.2. The fraction of sp³-hybridized carbons (Fsp3) is 0.190. The fourth-order valence-electron chi connectivity index (χ4n) is 2.98. The number of esters is 1. The summed E-state index contributed by atoms with van der Waals surface area (Å²) >= 11 is 0. The maximum Gasteiger partial charge on any atom is 0.416 e. The SMILES string of the molecule is CCOC(=O)c1c(O)n(-c2cccc(C(F)(F)F)c2)c(=O)n(Cc2ccccc2)c1=O. The van der Waals surface area contributed by atoms with Crippen LogP contribution in [0.5, 0.6) is 5.88 Å². The van der Waals surface area contributed by atoms with Gasteiger partial charge in [0.25, 0.3) is 5.56 Å². The number of ether oxygens (including phenoxy) is 1. The molecule has 2 aromatic carbocycles. The number of hydrogen-bond acceptors (Lipinski definition) is 5. The molecule has 1 N–H and O–H groups in total. The molecule has 0 atom stereocenters. The van der Waals surface area contributed by atoms with E-state index in [0.717, 1.165) is 18.2 Å². The zero-order valence-electron chi connectivity index (χ0n) is 16.2. The standard InChI is InChI=1S/C21H17F3N2O5/c1-2-31-19(29)16-17(27)25(12-13-7-4-3-5-8-13)20(30)26(18(16)28)15-10-6-9-14(11-15)21(22,23)24/h3-11,28H,2,12H2,1H3. The summed E-state index contributed by atoms with van der Waals surface area (Å²) in [5.41, 5.74) is -4.00. The molecular formula is C21H17F3N2O5. The predicted molar refractivity (Wildman–Crippen MR) is 104 cm³/mol. The van der Waals surface area contributed by atoms with Crippen molar-refractivity contribution in [1.29, 1.82) is 0 Å². The van der Waals surface area contributed by atoms with Crippen LogP contribution in [0.3, 0.4) is 0 Å². The molecule has 0 aliphatic rings. The van der Waals surface area contributed by atoms with Crippen molar-refractivity contribution in [2.75, 3.05) is 6.61 Å². The van der Waals surface area contributed by atoms with E-state index in [1.165, 1.54) is 6.92 Å². The first-order valence-corrected chi connectivity index (χ1v) is 9.12. The largest absolute Gasteiger partial charge is 0.493 e. The Morgan fingerprint density at radius 2 is 1.74 bits per heavy atom. The molecule has 162 valence electrons. The highest BCUT2D eigenvalue weighted by molar-refractivity contribution is 5.91. The van der Waals surface area contributed by atoms with E-state index in [9.17, 15) is 32.7 Å². The minimum absolute atomic E-state index is 0.126. The van der Waals surface area contributed by atoms with E-state index in [4.69, 9.17) is 4.74 Å². The molecule has 0 unspecified atom stereocenters. The Morgan fingerprint density at radius 3 is 2.35 bits per heavy atom. The van der Waals surface area contributed by atoms with Gasteiger partial charge in [0.2, 0.25) is 5.88 Å². The van der Waals surface area contributed by atoms with Gasteiger partial charge in [0, 0.05) is 0 Å². The van der Waals surface area contributed by atoms with Crippen LogP contribution in [0.15, 0.2) is 64.2 Å². The van der Waals surface area contributed by atoms with E-state index in [0.29, 0.717) is 20.8 Å². The van der Waals surface area contributed by atoms with Crippen molar-refractivity contribution in [2.45, 2.75) is 19.6 Å². The van der Waals surface area contributed by atoms with Crippen LogP contribution >= 0.6 is 0 Å². The summed E-state index contributed by atoms with van der Waals surface area (Å²) in [4.78, 5) is 38.2. The minimum atomic E-state index is -4.71. The topological polar surface area (TPSA) is 90.5 Å². The number of rotatable bonds is 5. The molecule has 0 saturated carbocycles. The minimum Gasteiger partial charge on any atom is -0.493 e. The molecule has 1 heterocycles. The number of carbonyl (C=O) groups is 1. The molecule has 0 saturated heterocycles. The van der Waals surface area contributed by atoms with Crippen molar-refractivity contribution in [3.05, 3.63) is 92.1 Å². The van der Waals surface area contributed by atoms with Gasteiger partial charge in [-0.25, -0.2) is 14.2 Å². The van der Waals surface area contributed by atoms with Gasteiger partial charge in [0.15, 0.2) is 5.56 Å². The number of aromatic hydroxyl groups is 1. The van der Waals surface area contributed by atoms with E-state index < -0.39 is 40.4 Å². The third-order valence-corrected chi connectivity index (χ3v) is 4.41. The first kappa shape index (κ1) is 21.9. The lowest BCUT2D eigenvalue weighted by Crippen LogP contribution is -2.42. The molecule has 0 aliphatic carbocycles. The van der Waals surface area contributed by atoms with Crippen LogP contribution in [0.2, 0.25) is 0 Å². The Kier molecular flexibility index (Phi) is 6.00. The summed E-state index contributed by atoms with van der Waals surface area (Å²) in [5.74, 6) is -2.30. The Morgan fingerprint density at radius 1 is 1.06 bits per heavy atom. The summed E-state index contributed by atoms with van der Waals surface area (Å²) in [6, 6.07) is 11.9. The first-order chi connectivity index (χ1) is 14.6. The maximum absolute atomic E-state index is 13.1. The lowest BCUT2D eigenvalue weighted by atomic mass is 10.2. The van der Waals surface area contributed by atoms with Gasteiger partial charge in [-0.2, -0.15) is 13.2 Å². The number of aromatic nitrogens is 2. The van der Waals surface area contributed by atoms with Gasteiger partial charge in [0.05, 0.1) is 24.4 Å². The van der Waals surface area contributed by atoms with Crippen LogP contribution in [-0.2, 0) is 17.5 Å². The van der Waals surface area contributed by atoms with Crippen LogP contribution in [-0.4, -0.2) is 26.8 Å². The van der Waals surface area contributed by atoms with Crippen molar-refractivity contribution in [3.63, 3.8) is 0 Å². The van der Waals surface area contributed by atoms with E-state index in [2.05, 4.69) is 0 Å². The van der Waals surface area contributed by atoms with Crippen LogP contribution in [0.1, 0.15) is 28.4 Å². The predicted octanol–water partition coefficient (Wildman–Crippen LogP) is 2.95. The molecule has 0 bridgehead atoms. The highest BCUT2D eigenvalue weighted by Crippen LogP contribution is 2.31. The summed E-state index contributed by atoms with van der Waals surface area (Å²) in [5, 5.41) is 10.6. The lowest BCUT2D eigenvalue weighted by molar-refractivity contribution is -0.137. The molecule has 10 heteroatoms. The molecule has 1 aromatic heterocycles. The Balaban J connectivity index is 2.32. The summed E-state index contributed by atoms with van der Waals surface area (Å²) in [7, 11) is 0. The van der Waals surface area contributed by atoms with Crippen molar-refractivity contribution in [3.8, 4) is 11.6 Å². The molecule has 31 heavy (non-hydrogen) atoms. The molecule has 3 rings (SSSR count). The summed E-state index contributed by atoms with van der Waals surface area (Å²) < 4.78 is 45.4. The Labute approximate surface area is 173 Å². The molecule has 0 radical (unpaired) electrons. The van der Waals surface area contributed by atoms with Crippen molar-refractivity contribution in [1.82, 2.24) is 9.13 Å². The molecule has 7 nitrogen and oxygen atoms in total. The van der Waals surface area contributed by atoms with Gasteiger partial charge in [-0.15, -0.1) is 0 Å². The Bertz CT molecular complexity index is 1230. The molecule has 0 amide bonds. The average molecular weight is 434 g/mol. The van der Waals surface area contributed by atoms with Gasteiger partial charge in [-0.05, 0) is 30.7 Å². The Hall–Kier alpha value is -3.82. The van der Waals surface area contributed by atoms with Crippen molar-refractivity contribution in [2.24, 2.45) is 0 Å². The summed E-state index contributed by atoms with van der Waals surface area (Å²) in [6.07, 6.45) is -4.71. The third kappa shape index (κ3) is 4.37. The number of carbonyl (C=O) groups excluding carboxylic acids is 1. The number of nitrogens with zero attached hydrogens (tertiary/aromatic N) is 2. The molecular weight excluding hydrogens is 417 g/mol. The molecule has 3 aromatic rings. The number of hydrogen-bond donors (Lipinski definition) is 1. The van der Waals surface area contributed by atoms with Crippen LogP contribution in [0.4, 0.5) is 13.2 Å². The first-order valence-electron chi connectivity index (χ1n) is 9.12. The van der Waals surface area contributed by atoms with Gasteiger partial charge in [0.1, 0.15) is 0 Å². The number of alkyl halides is 3. The van der Waals surface area contributed by atoms with Gasteiger partial charge >= 0.3 is 17.8 Å². The second-order valence-corrected chi connectivity index (χ2v) is 6.46. The van der Waals surface area contributed by atoms with Crippen LogP contribution in [0, 0.1) is 0 Å². The quantitative estimate of drug-likeness (QED) is 0.624. The van der Waals surface area contributed by atoms with Crippen molar-refractivity contribution >= 4 is 5.97 Å². The molecule has 0 aliphatic heterocycles. The smallest absolute Gasteiger partial charge is 0.416 e.